The minimum atomic E-state index is -4.36. The molecule has 1 aliphatic heterocycles. The molecular formula is C14H18F3NO3. The van der Waals surface area contributed by atoms with Gasteiger partial charge in [-0.15, -0.1) is 0 Å². The summed E-state index contributed by atoms with van der Waals surface area (Å²) in [5, 5.41) is 28.6. The summed E-state index contributed by atoms with van der Waals surface area (Å²) in [5.41, 5.74) is -0.0168. The Morgan fingerprint density at radius 2 is 1.71 bits per heavy atom. The Morgan fingerprint density at radius 3 is 2.24 bits per heavy atom. The number of β-amino-alcohol motifs (C(OH)–C–C–N with tert-alkyl or cyclic N) is 1. The molecule has 3 atom stereocenters. The summed E-state index contributed by atoms with van der Waals surface area (Å²) in [6.07, 6.45) is -6.30. The zero-order valence-electron chi connectivity index (χ0n) is 11.3. The SMILES string of the molecule is OC[C@@H]1CN(Cc2ccc(C(F)(F)F)cc2)C[C@H](O)[C@H]1O. The minimum absolute atomic E-state index is 0.221. The van der Waals surface area contributed by atoms with Gasteiger partial charge in [-0.2, -0.15) is 13.2 Å². The average molecular weight is 305 g/mol. The predicted octanol–water partition coefficient (Wildman–Crippen LogP) is 0.851. The van der Waals surface area contributed by atoms with Crippen LogP contribution in [0.15, 0.2) is 24.3 Å². The molecule has 7 heteroatoms. The van der Waals surface area contributed by atoms with Crippen LogP contribution in [-0.4, -0.2) is 52.1 Å². The third kappa shape index (κ3) is 3.94. The number of benzene rings is 1. The number of aliphatic hydroxyl groups excluding tert-OH is 3. The maximum absolute atomic E-state index is 12.5. The van der Waals surface area contributed by atoms with Crippen molar-refractivity contribution in [3.63, 3.8) is 0 Å². The van der Waals surface area contributed by atoms with Gasteiger partial charge in [0.05, 0.1) is 17.8 Å². The fourth-order valence-corrected chi connectivity index (χ4v) is 2.55. The second-order valence-electron chi connectivity index (χ2n) is 5.39. The average Bonchev–Trinajstić information content (AvgIpc) is 2.42. The second kappa shape index (κ2) is 6.31. The van der Waals surface area contributed by atoms with Crippen LogP contribution in [0.1, 0.15) is 11.1 Å². The molecule has 1 aromatic rings. The second-order valence-corrected chi connectivity index (χ2v) is 5.39. The molecule has 1 fully saturated rings. The van der Waals surface area contributed by atoms with Crippen LogP contribution in [0.3, 0.4) is 0 Å². The van der Waals surface area contributed by atoms with Crippen molar-refractivity contribution >= 4 is 0 Å². The van der Waals surface area contributed by atoms with Crippen LogP contribution >= 0.6 is 0 Å². The van der Waals surface area contributed by atoms with Crippen molar-refractivity contribution in [2.45, 2.75) is 24.9 Å². The van der Waals surface area contributed by atoms with E-state index in [1.54, 1.807) is 4.90 Å². The maximum atomic E-state index is 12.5. The Balaban J connectivity index is 2.01. The van der Waals surface area contributed by atoms with Crippen molar-refractivity contribution < 1.29 is 28.5 Å². The predicted molar refractivity (Wildman–Crippen MR) is 69.3 cm³/mol. The lowest BCUT2D eigenvalue weighted by molar-refractivity contribution is -0.137. The summed E-state index contributed by atoms with van der Waals surface area (Å²) in [6, 6.07) is 4.84. The molecule has 21 heavy (non-hydrogen) atoms. The quantitative estimate of drug-likeness (QED) is 0.775. The first kappa shape index (κ1) is 16.2. The van der Waals surface area contributed by atoms with Crippen molar-refractivity contribution in [3.05, 3.63) is 35.4 Å². The number of halogens is 3. The van der Waals surface area contributed by atoms with Crippen molar-refractivity contribution in [1.82, 2.24) is 4.90 Å². The molecule has 1 heterocycles. The highest BCUT2D eigenvalue weighted by molar-refractivity contribution is 5.24. The first-order valence-corrected chi connectivity index (χ1v) is 6.66. The lowest BCUT2D eigenvalue weighted by atomic mass is 9.93. The number of hydrogen-bond acceptors (Lipinski definition) is 4. The molecule has 1 aromatic carbocycles. The fourth-order valence-electron chi connectivity index (χ4n) is 2.55. The molecular weight excluding hydrogens is 287 g/mol. The molecule has 0 aromatic heterocycles. The molecule has 0 spiro atoms. The van der Waals surface area contributed by atoms with Gasteiger partial charge in [-0.1, -0.05) is 12.1 Å². The van der Waals surface area contributed by atoms with Crippen molar-refractivity contribution in [3.8, 4) is 0 Å². The molecule has 0 aliphatic carbocycles. The smallest absolute Gasteiger partial charge is 0.396 e. The van der Waals surface area contributed by atoms with Crippen molar-refractivity contribution in [1.29, 1.82) is 0 Å². The molecule has 118 valence electrons. The Bertz CT molecular complexity index is 464. The highest BCUT2D eigenvalue weighted by atomic mass is 19.4. The molecule has 0 amide bonds. The van der Waals surface area contributed by atoms with E-state index in [1.165, 1.54) is 12.1 Å². The van der Waals surface area contributed by atoms with E-state index in [2.05, 4.69) is 0 Å². The number of aliphatic hydroxyl groups is 3. The Morgan fingerprint density at radius 1 is 1.10 bits per heavy atom. The van der Waals surface area contributed by atoms with Gasteiger partial charge in [0, 0.05) is 32.2 Å². The number of hydrogen-bond donors (Lipinski definition) is 3. The van der Waals surface area contributed by atoms with Gasteiger partial charge in [0.25, 0.3) is 0 Å². The third-order valence-corrected chi connectivity index (χ3v) is 3.74. The van der Waals surface area contributed by atoms with E-state index >= 15 is 0 Å². The largest absolute Gasteiger partial charge is 0.416 e. The summed E-state index contributed by atoms with van der Waals surface area (Å²) < 4.78 is 37.4. The number of alkyl halides is 3. The molecule has 4 nitrogen and oxygen atoms in total. The van der Waals surface area contributed by atoms with Crippen LogP contribution in [-0.2, 0) is 12.7 Å². The highest BCUT2D eigenvalue weighted by Crippen LogP contribution is 2.29. The van der Waals surface area contributed by atoms with E-state index in [9.17, 15) is 23.4 Å². The molecule has 0 radical (unpaired) electrons. The topological polar surface area (TPSA) is 63.9 Å². The van der Waals surface area contributed by atoms with Gasteiger partial charge in [0.1, 0.15) is 0 Å². The molecule has 1 saturated heterocycles. The van der Waals surface area contributed by atoms with E-state index in [0.29, 0.717) is 18.7 Å². The van der Waals surface area contributed by atoms with Gasteiger partial charge in [0.2, 0.25) is 0 Å². The normalized spacial score (nSPS) is 27.8. The lowest BCUT2D eigenvalue weighted by Crippen LogP contribution is -2.53. The van der Waals surface area contributed by atoms with Crippen LogP contribution in [0.5, 0.6) is 0 Å². The maximum Gasteiger partial charge on any atom is 0.416 e. The van der Waals surface area contributed by atoms with E-state index in [-0.39, 0.29) is 13.2 Å². The highest BCUT2D eigenvalue weighted by Gasteiger charge is 2.34. The van der Waals surface area contributed by atoms with Crippen LogP contribution in [0.2, 0.25) is 0 Å². The molecule has 1 aliphatic rings. The van der Waals surface area contributed by atoms with Crippen molar-refractivity contribution in [2.75, 3.05) is 19.7 Å². The number of likely N-dealkylation sites (tertiary alicyclic amines) is 1. The fraction of sp³-hybridized carbons (Fsp3) is 0.571. The van der Waals surface area contributed by atoms with Gasteiger partial charge in [-0.3, -0.25) is 4.90 Å². The monoisotopic (exact) mass is 305 g/mol. The van der Waals surface area contributed by atoms with Crippen LogP contribution in [0.4, 0.5) is 13.2 Å². The van der Waals surface area contributed by atoms with E-state index in [0.717, 1.165) is 12.1 Å². The number of nitrogens with zero attached hydrogens (tertiary/aromatic N) is 1. The lowest BCUT2D eigenvalue weighted by Gasteiger charge is -2.38. The van der Waals surface area contributed by atoms with Gasteiger partial charge < -0.3 is 15.3 Å². The van der Waals surface area contributed by atoms with Crippen LogP contribution in [0, 0.1) is 5.92 Å². The van der Waals surface area contributed by atoms with Gasteiger partial charge in [-0.05, 0) is 17.7 Å². The summed E-state index contributed by atoms with van der Waals surface area (Å²) in [6.45, 7) is 0.717. The van der Waals surface area contributed by atoms with Gasteiger partial charge in [-0.25, -0.2) is 0 Å². The van der Waals surface area contributed by atoms with Crippen LogP contribution < -0.4 is 0 Å². The number of rotatable bonds is 3. The Kier molecular flexibility index (Phi) is 4.88. The van der Waals surface area contributed by atoms with E-state index < -0.39 is 29.9 Å². The van der Waals surface area contributed by atoms with Gasteiger partial charge >= 0.3 is 6.18 Å². The first-order chi connectivity index (χ1) is 9.81. The minimum Gasteiger partial charge on any atom is -0.396 e. The standard InChI is InChI=1S/C14H18F3NO3/c15-14(16,17)11-3-1-9(2-4-11)5-18-6-10(8-19)13(21)12(20)7-18/h1-4,10,12-13,19-21H,5-8H2/t10-,12-,13-/m0/s1. The number of piperidine rings is 1. The van der Waals surface area contributed by atoms with Crippen LogP contribution in [0.25, 0.3) is 0 Å². The van der Waals surface area contributed by atoms with E-state index in [1.807, 2.05) is 0 Å². The zero-order chi connectivity index (χ0) is 15.6. The Labute approximate surface area is 120 Å². The molecule has 0 unspecified atom stereocenters. The first-order valence-electron chi connectivity index (χ1n) is 6.66. The summed E-state index contributed by atoms with van der Waals surface area (Å²) in [5.74, 6) is -0.455. The Hall–Kier alpha value is -1.15. The summed E-state index contributed by atoms with van der Waals surface area (Å²) in [4.78, 5) is 1.81. The summed E-state index contributed by atoms with van der Waals surface area (Å²) >= 11 is 0. The van der Waals surface area contributed by atoms with Gasteiger partial charge in [0.15, 0.2) is 0 Å². The van der Waals surface area contributed by atoms with E-state index in [4.69, 9.17) is 5.11 Å². The molecule has 2 rings (SSSR count). The molecule has 3 N–H and O–H groups in total. The van der Waals surface area contributed by atoms with Crippen molar-refractivity contribution in [2.24, 2.45) is 5.92 Å². The molecule has 0 bridgehead atoms. The molecule has 0 saturated carbocycles. The summed E-state index contributed by atoms with van der Waals surface area (Å²) in [7, 11) is 0. The zero-order valence-corrected chi connectivity index (χ0v) is 11.3. The third-order valence-electron chi connectivity index (χ3n) is 3.74.